The van der Waals surface area contributed by atoms with Crippen LogP contribution in [0.5, 0.6) is 0 Å². The number of fused-ring (bicyclic) bond motifs is 4. The first-order chi connectivity index (χ1) is 19.3. The average molecular weight is 577 g/mol. The van der Waals surface area contributed by atoms with E-state index in [2.05, 4.69) is 6.92 Å². The maximum atomic E-state index is 13.2. The van der Waals surface area contributed by atoms with Gasteiger partial charge in [0.25, 0.3) is 0 Å². The number of cyclic esters (lactones) is 2. The van der Waals surface area contributed by atoms with Crippen LogP contribution in [0.1, 0.15) is 86.5 Å². The highest BCUT2D eigenvalue weighted by molar-refractivity contribution is 5.96. The fraction of sp³-hybridized carbons (Fsp3) is 0.875. The normalized spacial score (nSPS) is 42.0. The van der Waals surface area contributed by atoms with Crippen molar-refractivity contribution in [1.82, 2.24) is 0 Å². The summed E-state index contributed by atoms with van der Waals surface area (Å²) in [5, 5.41) is 9.56. The zero-order valence-electron chi connectivity index (χ0n) is 25.4. The van der Waals surface area contributed by atoms with E-state index in [1.165, 1.54) is 0 Å². The van der Waals surface area contributed by atoms with Crippen LogP contribution in [-0.2, 0) is 38.1 Å². The largest absolute Gasteiger partial charge is 0.463 e. The highest BCUT2D eigenvalue weighted by Gasteiger charge is 2.59. The summed E-state index contributed by atoms with van der Waals surface area (Å²) in [4.78, 5) is 50.8. The maximum absolute atomic E-state index is 13.2. The number of aliphatic hydroxyl groups excluding tert-OH is 1. The van der Waals surface area contributed by atoms with Crippen molar-refractivity contribution in [2.24, 2.45) is 59.2 Å². The van der Waals surface area contributed by atoms with Crippen molar-refractivity contribution < 1.29 is 43.2 Å². The second-order valence-corrected chi connectivity index (χ2v) is 14.5. The van der Waals surface area contributed by atoms with E-state index in [9.17, 15) is 24.3 Å². The van der Waals surface area contributed by atoms with Crippen molar-refractivity contribution in [2.45, 2.75) is 110 Å². The van der Waals surface area contributed by atoms with Crippen LogP contribution in [-0.4, -0.2) is 59.5 Å². The monoisotopic (exact) mass is 576 g/mol. The van der Waals surface area contributed by atoms with E-state index in [0.717, 1.165) is 32.1 Å². The molecule has 3 heterocycles. The van der Waals surface area contributed by atoms with Gasteiger partial charge in [-0.05, 0) is 102 Å². The number of hydrogen-bond donors (Lipinski definition) is 1. The quantitative estimate of drug-likeness (QED) is 0.233. The minimum Gasteiger partial charge on any atom is -0.463 e. The van der Waals surface area contributed by atoms with E-state index in [4.69, 9.17) is 18.9 Å². The van der Waals surface area contributed by atoms with Crippen LogP contribution in [0, 0.1) is 59.2 Å². The SMILES string of the molecule is CCC1C2CC(C(=O)OCC(C)O)C(O2)C1CCC1C2CC(C(=O)OC(C)(C)C)C(C2)C1CC1C(=O)OC(=O)C1C. The lowest BCUT2D eigenvalue weighted by atomic mass is 9.65. The van der Waals surface area contributed by atoms with E-state index in [1.54, 1.807) is 13.8 Å². The second-order valence-electron chi connectivity index (χ2n) is 14.5. The fourth-order valence-corrected chi connectivity index (χ4v) is 9.08. The van der Waals surface area contributed by atoms with Gasteiger partial charge < -0.3 is 24.1 Å². The molecule has 0 aromatic heterocycles. The van der Waals surface area contributed by atoms with Gasteiger partial charge in [0.05, 0.1) is 42.0 Å². The highest BCUT2D eigenvalue weighted by Crippen LogP contribution is 2.60. The minimum absolute atomic E-state index is 0.00917. The van der Waals surface area contributed by atoms with Crippen molar-refractivity contribution in [2.75, 3.05) is 6.61 Å². The Morgan fingerprint density at radius 3 is 2.29 bits per heavy atom. The Morgan fingerprint density at radius 1 is 0.976 bits per heavy atom. The molecule has 13 unspecified atom stereocenters. The molecule has 41 heavy (non-hydrogen) atoms. The molecule has 5 aliphatic rings. The molecule has 0 aromatic rings. The first-order valence-corrected chi connectivity index (χ1v) is 15.8. The standard InChI is InChI=1S/C32H48O9/c1-7-18-20(27-25(13-26(18)39-27)29(35)38-14-15(2)33)9-8-19-17-10-22(24(11-17)31(37)41-32(4,5)6)23(19)12-21-16(3)28(34)40-30(21)36/h15-27,33H,7-14H2,1-6H3. The molecule has 0 radical (unpaired) electrons. The first-order valence-electron chi connectivity index (χ1n) is 15.8. The third-order valence-corrected chi connectivity index (χ3v) is 10.8. The van der Waals surface area contributed by atoms with Gasteiger partial charge >= 0.3 is 23.9 Å². The van der Waals surface area contributed by atoms with Gasteiger partial charge in [0.1, 0.15) is 12.2 Å². The molecule has 5 fully saturated rings. The molecule has 0 spiro atoms. The second kappa shape index (κ2) is 11.6. The zero-order valence-corrected chi connectivity index (χ0v) is 25.4. The van der Waals surface area contributed by atoms with Crippen molar-refractivity contribution in [3.63, 3.8) is 0 Å². The minimum atomic E-state index is -0.702. The summed E-state index contributed by atoms with van der Waals surface area (Å²) in [6, 6.07) is 0. The van der Waals surface area contributed by atoms with Crippen LogP contribution in [0.2, 0.25) is 0 Å². The molecule has 3 saturated heterocycles. The van der Waals surface area contributed by atoms with E-state index in [0.29, 0.717) is 30.6 Å². The molecule has 4 bridgehead atoms. The molecule has 2 saturated carbocycles. The van der Waals surface area contributed by atoms with Crippen LogP contribution in [0.15, 0.2) is 0 Å². The average Bonchev–Trinajstić information content (AvgIpc) is 3.69. The Bertz CT molecular complexity index is 1030. The number of esters is 4. The Balaban J connectivity index is 1.30. The molecule has 3 aliphatic heterocycles. The van der Waals surface area contributed by atoms with Crippen molar-refractivity contribution in [1.29, 1.82) is 0 Å². The molecule has 9 nitrogen and oxygen atoms in total. The summed E-state index contributed by atoms with van der Waals surface area (Å²) in [5.74, 6) is -1.22. The number of hydrogen-bond acceptors (Lipinski definition) is 9. The van der Waals surface area contributed by atoms with Gasteiger partial charge in [-0.1, -0.05) is 20.3 Å². The molecule has 230 valence electrons. The zero-order chi connectivity index (χ0) is 29.8. The molecule has 0 aromatic carbocycles. The molecule has 1 N–H and O–H groups in total. The van der Waals surface area contributed by atoms with Crippen LogP contribution in [0.3, 0.4) is 0 Å². The Kier molecular flexibility index (Phi) is 8.61. The van der Waals surface area contributed by atoms with Crippen LogP contribution in [0.25, 0.3) is 0 Å². The van der Waals surface area contributed by atoms with Crippen LogP contribution < -0.4 is 0 Å². The third kappa shape index (κ3) is 5.95. The van der Waals surface area contributed by atoms with E-state index in [-0.39, 0.29) is 60.3 Å². The Hall–Kier alpha value is -2.00. The van der Waals surface area contributed by atoms with Crippen molar-refractivity contribution >= 4 is 23.9 Å². The molecular weight excluding hydrogens is 528 g/mol. The first kappa shape index (κ1) is 30.5. The fourth-order valence-electron chi connectivity index (χ4n) is 9.08. The molecule has 9 heteroatoms. The summed E-state index contributed by atoms with van der Waals surface area (Å²) in [6.07, 6.45) is 4.93. The smallest absolute Gasteiger partial charge is 0.317 e. The lowest BCUT2D eigenvalue weighted by molar-refractivity contribution is -0.163. The molecule has 13 atom stereocenters. The highest BCUT2D eigenvalue weighted by atomic mass is 16.6. The van der Waals surface area contributed by atoms with Crippen LogP contribution >= 0.6 is 0 Å². The van der Waals surface area contributed by atoms with E-state index < -0.39 is 35.5 Å². The predicted octanol–water partition coefficient (Wildman–Crippen LogP) is 4.08. The van der Waals surface area contributed by atoms with Gasteiger partial charge in [0.2, 0.25) is 0 Å². The Labute approximate surface area is 243 Å². The van der Waals surface area contributed by atoms with Crippen molar-refractivity contribution in [3.05, 3.63) is 0 Å². The van der Waals surface area contributed by atoms with Gasteiger partial charge in [-0.2, -0.15) is 0 Å². The predicted molar refractivity (Wildman–Crippen MR) is 147 cm³/mol. The summed E-state index contributed by atoms with van der Waals surface area (Å²) < 4.78 is 22.5. The Morgan fingerprint density at radius 2 is 1.68 bits per heavy atom. The van der Waals surface area contributed by atoms with Gasteiger partial charge in [0.15, 0.2) is 0 Å². The summed E-state index contributed by atoms with van der Waals surface area (Å²) in [6.45, 7) is 11.2. The number of rotatable bonds is 10. The number of carbonyl (C=O) groups is 4. The molecule has 2 aliphatic carbocycles. The van der Waals surface area contributed by atoms with Crippen molar-refractivity contribution in [3.8, 4) is 0 Å². The maximum Gasteiger partial charge on any atom is 0.317 e. The van der Waals surface area contributed by atoms with Gasteiger partial charge in [-0.3, -0.25) is 19.2 Å². The van der Waals surface area contributed by atoms with E-state index >= 15 is 0 Å². The van der Waals surface area contributed by atoms with Crippen LogP contribution in [0.4, 0.5) is 0 Å². The third-order valence-electron chi connectivity index (χ3n) is 10.8. The summed E-state index contributed by atoms with van der Waals surface area (Å²) >= 11 is 0. The molecule has 0 amide bonds. The molecule has 5 rings (SSSR count). The topological polar surface area (TPSA) is 125 Å². The lowest BCUT2D eigenvalue weighted by Crippen LogP contribution is -2.40. The van der Waals surface area contributed by atoms with Gasteiger partial charge in [0, 0.05) is 0 Å². The van der Waals surface area contributed by atoms with Gasteiger partial charge in [-0.15, -0.1) is 0 Å². The van der Waals surface area contributed by atoms with Gasteiger partial charge in [-0.25, -0.2) is 0 Å². The summed E-state index contributed by atoms with van der Waals surface area (Å²) in [5.41, 5.74) is -0.562. The number of carbonyl (C=O) groups excluding carboxylic acids is 4. The van der Waals surface area contributed by atoms with E-state index in [1.807, 2.05) is 20.8 Å². The summed E-state index contributed by atoms with van der Waals surface area (Å²) in [7, 11) is 0. The molecular formula is C32H48O9. The number of aliphatic hydroxyl groups is 1. The lowest BCUT2D eigenvalue weighted by Gasteiger charge is -2.38. The number of ether oxygens (including phenoxy) is 4.